The summed E-state index contributed by atoms with van der Waals surface area (Å²) in [5.74, 6) is 1.45. The average Bonchev–Trinajstić information content (AvgIpc) is 2.60. The second kappa shape index (κ2) is 10.4. The van der Waals surface area contributed by atoms with Crippen LogP contribution >= 0.6 is 23.2 Å². The van der Waals surface area contributed by atoms with Gasteiger partial charge in [-0.05, 0) is 30.7 Å². The lowest BCUT2D eigenvalue weighted by Crippen LogP contribution is -2.47. The fraction of sp³-hybridized carbons (Fsp3) is 0.632. The molecule has 1 aliphatic heterocycles. The number of rotatable bonds is 6. The Morgan fingerprint density at radius 2 is 1.92 bits per heavy atom. The maximum Gasteiger partial charge on any atom is 0.193 e. The number of hydrogen-bond acceptors (Lipinski definition) is 3. The molecule has 0 bridgehead atoms. The fourth-order valence-corrected chi connectivity index (χ4v) is 3.49. The Hall–Kier alpha value is -1.01. The summed E-state index contributed by atoms with van der Waals surface area (Å²) in [4.78, 5) is 11.4. The second-order valence-corrected chi connectivity index (χ2v) is 8.06. The molecular formula is C19H31Cl2N5. The van der Waals surface area contributed by atoms with Crippen molar-refractivity contribution in [1.29, 1.82) is 0 Å². The van der Waals surface area contributed by atoms with Crippen LogP contribution in [0.1, 0.15) is 12.5 Å². The van der Waals surface area contributed by atoms with Gasteiger partial charge in [0.2, 0.25) is 0 Å². The topological polar surface area (TPSA) is 34.1 Å². The summed E-state index contributed by atoms with van der Waals surface area (Å²) < 4.78 is 0. The lowest BCUT2D eigenvalue weighted by molar-refractivity contribution is 0.139. The molecule has 0 aliphatic carbocycles. The average molecular weight is 400 g/mol. The lowest BCUT2D eigenvalue weighted by Gasteiger charge is -2.34. The minimum atomic E-state index is 0.563. The molecule has 0 saturated carbocycles. The number of hydrogen-bond donors (Lipinski definition) is 1. The summed E-state index contributed by atoms with van der Waals surface area (Å²) >= 11 is 12.1. The molecule has 146 valence electrons. The molecule has 0 radical (unpaired) electrons. The van der Waals surface area contributed by atoms with Gasteiger partial charge < -0.3 is 20.0 Å². The third kappa shape index (κ3) is 6.62. The van der Waals surface area contributed by atoms with Gasteiger partial charge in [-0.1, -0.05) is 36.2 Å². The number of likely N-dealkylation sites (N-methyl/N-ethyl adjacent to an activating group) is 1. The predicted molar refractivity (Wildman–Crippen MR) is 112 cm³/mol. The number of guanidine groups is 1. The van der Waals surface area contributed by atoms with Crippen LogP contribution in [0.3, 0.4) is 0 Å². The van der Waals surface area contributed by atoms with E-state index in [-0.39, 0.29) is 0 Å². The molecule has 1 heterocycles. The van der Waals surface area contributed by atoms with E-state index >= 15 is 0 Å². The zero-order valence-electron chi connectivity index (χ0n) is 16.3. The molecule has 1 saturated heterocycles. The summed E-state index contributed by atoms with van der Waals surface area (Å²) in [5.41, 5.74) is 1.11. The van der Waals surface area contributed by atoms with E-state index in [1.165, 1.54) is 0 Å². The highest BCUT2D eigenvalue weighted by Crippen LogP contribution is 2.23. The van der Waals surface area contributed by atoms with Crippen LogP contribution in [0.2, 0.25) is 10.0 Å². The molecule has 1 aromatic carbocycles. The molecule has 26 heavy (non-hydrogen) atoms. The minimum absolute atomic E-state index is 0.563. The standard InChI is InChI=1S/C19H31Cl2N5/c1-15(13-26-9-7-24(3)8-10-26)12-23-19(22-2)25(4)14-16-5-6-17(20)18(21)11-16/h5-6,11,15H,7-10,12-14H2,1-4H3,(H,22,23). The molecule has 1 atom stereocenters. The molecule has 5 nitrogen and oxygen atoms in total. The van der Waals surface area contributed by atoms with Gasteiger partial charge in [-0.3, -0.25) is 4.99 Å². The van der Waals surface area contributed by atoms with Crippen LogP contribution in [0.15, 0.2) is 23.2 Å². The SMILES string of the molecule is CN=C(NCC(C)CN1CCN(C)CC1)N(C)Cc1ccc(Cl)c(Cl)c1. The number of nitrogens with zero attached hydrogens (tertiary/aromatic N) is 4. The van der Waals surface area contributed by atoms with Gasteiger partial charge in [-0.15, -0.1) is 0 Å². The van der Waals surface area contributed by atoms with Gasteiger partial charge in [0.05, 0.1) is 10.0 Å². The van der Waals surface area contributed by atoms with Gasteiger partial charge in [-0.2, -0.15) is 0 Å². The largest absolute Gasteiger partial charge is 0.356 e. The molecule has 1 aromatic rings. The van der Waals surface area contributed by atoms with E-state index in [1.54, 1.807) is 0 Å². The van der Waals surface area contributed by atoms with Crippen LogP contribution in [-0.4, -0.2) is 81.1 Å². The highest BCUT2D eigenvalue weighted by atomic mass is 35.5. The summed E-state index contributed by atoms with van der Waals surface area (Å²) in [7, 11) is 6.04. The highest BCUT2D eigenvalue weighted by Gasteiger charge is 2.16. The van der Waals surface area contributed by atoms with Crippen LogP contribution in [0, 0.1) is 5.92 Å². The summed E-state index contributed by atoms with van der Waals surface area (Å²) in [6.45, 7) is 9.68. The quantitative estimate of drug-likeness (QED) is 0.588. The first-order chi connectivity index (χ1) is 12.4. The van der Waals surface area contributed by atoms with Crippen molar-refractivity contribution < 1.29 is 0 Å². The molecule has 0 spiro atoms. The van der Waals surface area contributed by atoms with Gasteiger partial charge >= 0.3 is 0 Å². The number of nitrogens with one attached hydrogen (secondary N) is 1. The third-order valence-corrected chi connectivity index (χ3v) is 5.49. The van der Waals surface area contributed by atoms with Crippen molar-refractivity contribution in [2.45, 2.75) is 13.5 Å². The normalized spacial score (nSPS) is 18.0. The van der Waals surface area contributed by atoms with Crippen LogP contribution < -0.4 is 5.32 Å². The van der Waals surface area contributed by atoms with Gasteiger partial charge in [-0.25, -0.2) is 0 Å². The number of benzene rings is 1. The van der Waals surface area contributed by atoms with Gasteiger partial charge in [0.25, 0.3) is 0 Å². The van der Waals surface area contributed by atoms with E-state index in [4.69, 9.17) is 23.2 Å². The zero-order valence-corrected chi connectivity index (χ0v) is 17.8. The number of aliphatic imine (C=N–C) groups is 1. The third-order valence-electron chi connectivity index (χ3n) is 4.75. The van der Waals surface area contributed by atoms with Crippen molar-refractivity contribution in [1.82, 2.24) is 20.0 Å². The van der Waals surface area contributed by atoms with Crippen molar-refractivity contribution >= 4 is 29.2 Å². The molecule has 2 rings (SSSR count). The van der Waals surface area contributed by atoms with E-state index in [1.807, 2.05) is 32.3 Å². The van der Waals surface area contributed by atoms with E-state index in [0.29, 0.717) is 16.0 Å². The van der Waals surface area contributed by atoms with Gasteiger partial charge in [0, 0.05) is 59.9 Å². The first kappa shape index (κ1) is 21.3. The molecule has 1 fully saturated rings. The second-order valence-electron chi connectivity index (χ2n) is 7.24. The van der Waals surface area contributed by atoms with E-state index in [9.17, 15) is 0 Å². The summed E-state index contributed by atoms with van der Waals surface area (Å²) in [6, 6.07) is 5.74. The summed E-state index contributed by atoms with van der Waals surface area (Å²) in [5, 5.41) is 4.66. The molecular weight excluding hydrogens is 369 g/mol. The van der Waals surface area contributed by atoms with Crippen LogP contribution in [-0.2, 0) is 6.54 Å². The monoisotopic (exact) mass is 399 g/mol. The molecule has 1 aliphatic rings. The minimum Gasteiger partial charge on any atom is -0.356 e. The molecule has 1 unspecified atom stereocenters. The van der Waals surface area contributed by atoms with Crippen LogP contribution in [0.25, 0.3) is 0 Å². The maximum atomic E-state index is 6.11. The van der Waals surface area contributed by atoms with Crippen molar-refractivity contribution in [2.75, 3.05) is 60.4 Å². The highest BCUT2D eigenvalue weighted by molar-refractivity contribution is 6.42. The maximum absolute atomic E-state index is 6.11. The first-order valence-corrected chi connectivity index (χ1v) is 9.91. The van der Waals surface area contributed by atoms with E-state index in [2.05, 4.69) is 39.0 Å². The Kier molecular flexibility index (Phi) is 8.48. The molecule has 0 amide bonds. The zero-order chi connectivity index (χ0) is 19.1. The Bertz CT molecular complexity index is 600. The number of halogens is 2. The Balaban J connectivity index is 1.79. The smallest absolute Gasteiger partial charge is 0.193 e. The van der Waals surface area contributed by atoms with Gasteiger partial charge in [0.1, 0.15) is 0 Å². The van der Waals surface area contributed by atoms with Crippen LogP contribution in [0.5, 0.6) is 0 Å². The Labute approximate surface area is 168 Å². The van der Waals surface area contributed by atoms with Crippen molar-refractivity contribution in [2.24, 2.45) is 10.9 Å². The first-order valence-electron chi connectivity index (χ1n) is 9.15. The van der Waals surface area contributed by atoms with Crippen molar-refractivity contribution in [3.8, 4) is 0 Å². The predicted octanol–water partition coefficient (Wildman–Crippen LogP) is 2.88. The molecule has 7 heteroatoms. The van der Waals surface area contributed by atoms with Crippen molar-refractivity contribution in [3.63, 3.8) is 0 Å². The Morgan fingerprint density at radius 1 is 1.23 bits per heavy atom. The van der Waals surface area contributed by atoms with Crippen LogP contribution in [0.4, 0.5) is 0 Å². The lowest BCUT2D eigenvalue weighted by atomic mass is 10.1. The van der Waals surface area contributed by atoms with E-state index in [0.717, 1.165) is 57.3 Å². The summed E-state index contributed by atoms with van der Waals surface area (Å²) in [6.07, 6.45) is 0. The molecule has 1 N–H and O–H groups in total. The Morgan fingerprint density at radius 3 is 2.54 bits per heavy atom. The van der Waals surface area contributed by atoms with Gasteiger partial charge in [0.15, 0.2) is 5.96 Å². The molecule has 0 aromatic heterocycles. The van der Waals surface area contributed by atoms with E-state index < -0.39 is 0 Å². The fourth-order valence-electron chi connectivity index (χ4n) is 3.17. The number of piperazine rings is 1. The van der Waals surface area contributed by atoms with Crippen molar-refractivity contribution in [3.05, 3.63) is 33.8 Å².